The molecule has 0 aromatic heterocycles. The molecule has 0 aliphatic rings. The number of aromatic hydroxyl groups is 1. The Labute approximate surface area is 130 Å². The van der Waals surface area contributed by atoms with Gasteiger partial charge in [0.2, 0.25) is 0 Å². The number of carbonyl (C=O) groups is 2. The molecule has 0 aliphatic carbocycles. The smallest absolute Gasteiger partial charge is 0.335 e. The third-order valence-corrected chi connectivity index (χ3v) is 3.00. The molecule has 0 atom stereocenters. The maximum absolute atomic E-state index is 12.1. The molecule has 0 bridgehead atoms. The number of nitro benzene ring substituents is 1. The molecular formula is C16H11NO6. The van der Waals surface area contributed by atoms with Gasteiger partial charge in [-0.3, -0.25) is 14.9 Å². The van der Waals surface area contributed by atoms with Crippen LogP contribution < -0.4 is 0 Å². The zero-order valence-electron chi connectivity index (χ0n) is 11.7. The van der Waals surface area contributed by atoms with E-state index in [9.17, 15) is 24.8 Å². The number of carboxylic acid groups (broad SMARTS) is 1. The van der Waals surface area contributed by atoms with Crippen molar-refractivity contribution in [3.05, 3.63) is 75.3 Å². The summed E-state index contributed by atoms with van der Waals surface area (Å²) >= 11 is 0. The second kappa shape index (κ2) is 6.52. The number of hydrogen-bond acceptors (Lipinski definition) is 5. The van der Waals surface area contributed by atoms with Gasteiger partial charge < -0.3 is 10.2 Å². The molecule has 2 N–H and O–H groups in total. The molecule has 0 fully saturated rings. The first-order valence-corrected chi connectivity index (χ1v) is 6.41. The molecule has 116 valence electrons. The molecular weight excluding hydrogens is 302 g/mol. The van der Waals surface area contributed by atoms with Crippen LogP contribution in [0.15, 0.2) is 48.5 Å². The molecule has 0 spiro atoms. The van der Waals surface area contributed by atoms with Crippen LogP contribution in [0.5, 0.6) is 5.75 Å². The summed E-state index contributed by atoms with van der Waals surface area (Å²) in [5.41, 5.74) is -0.152. The van der Waals surface area contributed by atoms with Gasteiger partial charge in [0.1, 0.15) is 11.3 Å². The highest BCUT2D eigenvalue weighted by Gasteiger charge is 2.18. The normalized spacial score (nSPS) is 10.6. The van der Waals surface area contributed by atoms with Crippen LogP contribution >= 0.6 is 0 Å². The zero-order valence-corrected chi connectivity index (χ0v) is 11.7. The van der Waals surface area contributed by atoms with Crippen molar-refractivity contribution < 1.29 is 24.7 Å². The number of hydrogen-bond donors (Lipinski definition) is 2. The van der Waals surface area contributed by atoms with Crippen molar-refractivity contribution in [2.75, 3.05) is 0 Å². The first kappa shape index (κ1) is 15.9. The Balaban J connectivity index is 2.32. The molecule has 0 amide bonds. The van der Waals surface area contributed by atoms with Crippen LogP contribution in [0.1, 0.15) is 26.3 Å². The minimum Gasteiger partial charge on any atom is -0.508 e. The quantitative estimate of drug-likeness (QED) is 0.379. The van der Waals surface area contributed by atoms with Gasteiger partial charge in [0.15, 0.2) is 5.78 Å². The van der Waals surface area contributed by atoms with E-state index in [0.717, 1.165) is 24.3 Å². The van der Waals surface area contributed by atoms with E-state index in [1.54, 1.807) is 6.07 Å². The topological polar surface area (TPSA) is 118 Å². The summed E-state index contributed by atoms with van der Waals surface area (Å²) in [6.07, 6.45) is 2.44. The van der Waals surface area contributed by atoms with E-state index >= 15 is 0 Å². The van der Waals surface area contributed by atoms with Gasteiger partial charge in [0, 0.05) is 6.07 Å². The molecule has 0 saturated heterocycles. The Morgan fingerprint density at radius 1 is 1.13 bits per heavy atom. The lowest BCUT2D eigenvalue weighted by atomic mass is 10.1. The van der Waals surface area contributed by atoms with E-state index in [-0.39, 0.29) is 16.9 Å². The lowest BCUT2D eigenvalue weighted by Gasteiger charge is -2.00. The Bertz CT molecular complexity index is 825. The summed E-state index contributed by atoms with van der Waals surface area (Å²) in [7, 11) is 0. The van der Waals surface area contributed by atoms with Crippen molar-refractivity contribution in [3.8, 4) is 5.75 Å². The van der Waals surface area contributed by atoms with E-state index in [0.29, 0.717) is 5.56 Å². The number of phenols is 1. The second-order valence-corrected chi connectivity index (χ2v) is 4.59. The van der Waals surface area contributed by atoms with E-state index in [2.05, 4.69) is 0 Å². The van der Waals surface area contributed by atoms with Gasteiger partial charge in [-0.05, 0) is 35.9 Å². The Kier molecular flexibility index (Phi) is 4.51. The van der Waals surface area contributed by atoms with E-state index in [4.69, 9.17) is 5.11 Å². The fraction of sp³-hybridized carbons (Fsp3) is 0. The molecule has 23 heavy (non-hydrogen) atoms. The highest BCUT2D eigenvalue weighted by atomic mass is 16.6. The van der Waals surface area contributed by atoms with Crippen LogP contribution in [0.4, 0.5) is 5.69 Å². The summed E-state index contributed by atoms with van der Waals surface area (Å²) in [6.45, 7) is 0. The first-order valence-electron chi connectivity index (χ1n) is 6.41. The third kappa shape index (κ3) is 3.79. The number of nitrogens with zero attached hydrogens (tertiary/aromatic N) is 1. The lowest BCUT2D eigenvalue weighted by molar-refractivity contribution is -0.385. The van der Waals surface area contributed by atoms with E-state index in [1.165, 1.54) is 24.3 Å². The molecule has 0 heterocycles. The molecule has 2 rings (SSSR count). The highest BCUT2D eigenvalue weighted by Crippen LogP contribution is 2.24. The van der Waals surface area contributed by atoms with Crippen LogP contribution in [0.25, 0.3) is 6.08 Å². The fourth-order valence-electron chi connectivity index (χ4n) is 1.92. The van der Waals surface area contributed by atoms with Crippen LogP contribution in [0.2, 0.25) is 0 Å². The summed E-state index contributed by atoms with van der Waals surface area (Å²) in [5, 5.41) is 29.2. The average Bonchev–Trinajstić information content (AvgIpc) is 2.52. The number of aromatic carboxylic acids is 1. The predicted molar refractivity (Wildman–Crippen MR) is 81.5 cm³/mol. The minimum atomic E-state index is -1.10. The third-order valence-electron chi connectivity index (χ3n) is 3.00. The molecule has 0 radical (unpaired) electrons. The molecule has 7 nitrogen and oxygen atoms in total. The van der Waals surface area contributed by atoms with E-state index in [1.807, 2.05) is 0 Å². The average molecular weight is 313 g/mol. The Morgan fingerprint density at radius 3 is 2.52 bits per heavy atom. The van der Waals surface area contributed by atoms with Gasteiger partial charge in [0.25, 0.3) is 5.69 Å². The van der Waals surface area contributed by atoms with Crippen molar-refractivity contribution in [2.24, 2.45) is 0 Å². The van der Waals surface area contributed by atoms with Gasteiger partial charge in [-0.1, -0.05) is 18.2 Å². The van der Waals surface area contributed by atoms with Crippen LogP contribution in [0.3, 0.4) is 0 Å². The standard InChI is InChI=1S/C16H11NO6/c18-12-5-6-14(17(22)23)13(9-12)15(19)7-4-10-2-1-3-11(8-10)16(20)21/h1-9,18H,(H,20,21). The molecule has 7 heteroatoms. The van der Waals surface area contributed by atoms with Crippen LogP contribution in [0, 0.1) is 10.1 Å². The van der Waals surface area contributed by atoms with Crippen LogP contribution in [-0.2, 0) is 0 Å². The zero-order chi connectivity index (χ0) is 17.0. The largest absolute Gasteiger partial charge is 0.508 e. The number of allylic oxidation sites excluding steroid dienone is 1. The fourth-order valence-corrected chi connectivity index (χ4v) is 1.92. The molecule has 0 unspecified atom stereocenters. The SMILES string of the molecule is O=C(O)c1cccc(C=CC(=O)c2cc(O)ccc2[N+](=O)[O-])c1. The van der Waals surface area contributed by atoms with Crippen LogP contribution in [-0.4, -0.2) is 26.9 Å². The molecule has 0 saturated carbocycles. The van der Waals surface area contributed by atoms with Crippen molar-refractivity contribution >= 4 is 23.5 Å². The van der Waals surface area contributed by atoms with Gasteiger partial charge in [0.05, 0.1) is 10.5 Å². The minimum absolute atomic E-state index is 0.0583. The number of carbonyl (C=O) groups excluding carboxylic acids is 1. The van der Waals surface area contributed by atoms with Crippen molar-refractivity contribution in [1.29, 1.82) is 0 Å². The summed E-state index contributed by atoms with van der Waals surface area (Å²) < 4.78 is 0. The summed E-state index contributed by atoms with van der Waals surface area (Å²) in [6, 6.07) is 9.05. The summed E-state index contributed by atoms with van der Waals surface area (Å²) in [5.74, 6) is -2.04. The Hall–Kier alpha value is -3.48. The van der Waals surface area contributed by atoms with Gasteiger partial charge in [-0.2, -0.15) is 0 Å². The van der Waals surface area contributed by atoms with Crippen molar-refractivity contribution in [1.82, 2.24) is 0 Å². The monoisotopic (exact) mass is 313 g/mol. The van der Waals surface area contributed by atoms with Crippen molar-refractivity contribution in [3.63, 3.8) is 0 Å². The maximum atomic E-state index is 12.1. The number of phenolic OH excluding ortho intramolecular Hbond substituents is 1. The first-order chi connectivity index (χ1) is 10.9. The summed E-state index contributed by atoms with van der Waals surface area (Å²) in [4.78, 5) is 33.2. The predicted octanol–water partition coefficient (Wildman–Crippen LogP) is 2.89. The molecule has 2 aromatic carbocycles. The Morgan fingerprint density at radius 2 is 1.87 bits per heavy atom. The van der Waals surface area contributed by atoms with Gasteiger partial charge >= 0.3 is 5.97 Å². The lowest BCUT2D eigenvalue weighted by Crippen LogP contribution is -2.01. The number of carboxylic acids is 1. The van der Waals surface area contributed by atoms with Gasteiger partial charge in [-0.15, -0.1) is 0 Å². The highest BCUT2D eigenvalue weighted by molar-refractivity contribution is 6.09. The van der Waals surface area contributed by atoms with E-state index < -0.39 is 22.4 Å². The molecule has 2 aromatic rings. The second-order valence-electron chi connectivity index (χ2n) is 4.59. The van der Waals surface area contributed by atoms with Crippen molar-refractivity contribution in [2.45, 2.75) is 0 Å². The number of rotatable bonds is 5. The molecule has 0 aliphatic heterocycles. The number of ketones is 1. The van der Waals surface area contributed by atoms with Gasteiger partial charge in [-0.25, -0.2) is 4.79 Å². The maximum Gasteiger partial charge on any atom is 0.335 e. The number of nitro groups is 1. The number of benzene rings is 2.